The van der Waals surface area contributed by atoms with Crippen LogP contribution >= 0.6 is 0 Å². The molecule has 0 amide bonds. The van der Waals surface area contributed by atoms with Crippen molar-refractivity contribution < 1.29 is 24.1 Å². The van der Waals surface area contributed by atoms with E-state index in [9.17, 15) is 9.90 Å². The third kappa shape index (κ3) is 4.31. The van der Waals surface area contributed by atoms with Gasteiger partial charge in [0.2, 0.25) is 5.95 Å². The van der Waals surface area contributed by atoms with Gasteiger partial charge in [-0.1, -0.05) is 19.6 Å². The number of carbonyl (C=O) groups is 1. The molecule has 0 saturated carbocycles. The Labute approximate surface area is 165 Å². The van der Waals surface area contributed by atoms with Crippen molar-refractivity contribution in [1.82, 2.24) is 9.55 Å². The van der Waals surface area contributed by atoms with Crippen LogP contribution in [0, 0.1) is 0 Å². The van der Waals surface area contributed by atoms with Gasteiger partial charge in [0.15, 0.2) is 0 Å². The maximum Gasteiger partial charge on any atom is 0.335 e. The summed E-state index contributed by atoms with van der Waals surface area (Å²) in [7, 11) is 2.59. The lowest BCUT2D eigenvalue weighted by molar-refractivity contribution is -0.0239. The molecule has 9 heteroatoms. The first kappa shape index (κ1) is 20.2. The molecule has 0 radical (unpaired) electrons. The van der Waals surface area contributed by atoms with Gasteiger partial charge in [-0.15, -0.1) is 0 Å². The summed E-state index contributed by atoms with van der Waals surface area (Å²) in [5.74, 6) is -0.348. The largest absolute Gasteiger partial charge is 0.478 e. The summed E-state index contributed by atoms with van der Waals surface area (Å²) < 4.78 is 18.9. The first-order valence-corrected chi connectivity index (χ1v) is 12.9. The van der Waals surface area contributed by atoms with E-state index in [1.165, 1.54) is 12.5 Å². The lowest BCUT2D eigenvalue weighted by atomic mass is 10.1. The number of nitrogens with zero attached hydrogens (tertiary/aromatic N) is 3. The van der Waals surface area contributed by atoms with Crippen LogP contribution < -0.4 is 4.90 Å². The Morgan fingerprint density at radius 3 is 2.54 bits per heavy atom. The number of benzene rings is 1. The van der Waals surface area contributed by atoms with Gasteiger partial charge in [-0.25, -0.2) is 9.78 Å². The van der Waals surface area contributed by atoms with Gasteiger partial charge in [0.1, 0.15) is 19.3 Å². The number of ether oxygens (including phenoxy) is 3. The second-order valence-corrected chi connectivity index (χ2v) is 13.8. The Hall–Kier alpha value is -2.52. The Morgan fingerprint density at radius 2 is 1.96 bits per heavy atom. The van der Waals surface area contributed by atoms with E-state index in [1.807, 2.05) is 23.6 Å². The number of hydrogen-bond donors (Lipinski definition) is 1. The van der Waals surface area contributed by atoms with Crippen LogP contribution in [0.3, 0.4) is 0 Å². The number of rotatable bonds is 8. The molecule has 1 aliphatic rings. The lowest BCUT2D eigenvalue weighted by Crippen LogP contribution is -2.22. The van der Waals surface area contributed by atoms with E-state index in [0.29, 0.717) is 30.4 Å². The molecule has 0 aliphatic carbocycles. The monoisotopic (exact) mass is 405 g/mol. The fraction of sp³-hybridized carbons (Fsp3) is 0.474. The van der Waals surface area contributed by atoms with Crippen molar-refractivity contribution in [3.05, 3.63) is 35.8 Å². The number of carboxylic acids is 1. The molecular formula is C19H27N3O5Si. The molecule has 2 aromatic rings. The normalized spacial score (nSPS) is 14.3. The molecule has 8 nitrogen and oxygen atoms in total. The Kier molecular flexibility index (Phi) is 5.66. The molecule has 0 spiro atoms. The van der Waals surface area contributed by atoms with Crippen molar-refractivity contribution in [2.75, 3.05) is 25.6 Å². The fourth-order valence-electron chi connectivity index (χ4n) is 2.98. The van der Waals surface area contributed by atoms with Crippen LogP contribution in [0.2, 0.25) is 25.7 Å². The van der Waals surface area contributed by atoms with E-state index in [2.05, 4.69) is 24.6 Å². The zero-order valence-corrected chi connectivity index (χ0v) is 17.9. The van der Waals surface area contributed by atoms with Gasteiger partial charge in [-0.2, -0.15) is 0 Å². The molecule has 2 heterocycles. The SMILES string of the molecule is CN(C)c1nc2cc(C(=O)O)cc(C3OC=CO3)c2n1COCC[Si](C)(C)C. The van der Waals surface area contributed by atoms with Crippen molar-refractivity contribution in [3.8, 4) is 0 Å². The smallest absolute Gasteiger partial charge is 0.335 e. The van der Waals surface area contributed by atoms with Crippen LogP contribution in [0.25, 0.3) is 11.0 Å². The van der Waals surface area contributed by atoms with Gasteiger partial charge in [0, 0.05) is 28.8 Å². The van der Waals surface area contributed by atoms with Crippen LogP contribution in [0.5, 0.6) is 0 Å². The molecule has 152 valence electrons. The minimum Gasteiger partial charge on any atom is -0.478 e. The Morgan fingerprint density at radius 1 is 1.29 bits per heavy atom. The minimum absolute atomic E-state index is 0.135. The van der Waals surface area contributed by atoms with Crippen molar-refractivity contribution in [1.29, 1.82) is 0 Å². The number of fused-ring (bicyclic) bond motifs is 1. The Bertz CT molecular complexity index is 893. The summed E-state index contributed by atoms with van der Waals surface area (Å²) in [6.45, 7) is 7.90. The van der Waals surface area contributed by atoms with Gasteiger partial charge >= 0.3 is 5.97 Å². The first-order valence-electron chi connectivity index (χ1n) is 9.16. The van der Waals surface area contributed by atoms with Crippen molar-refractivity contribution in [3.63, 3.8) is 0 Å². The average Bonchev–Trinajstić information content (AvgIpc) is 3.25. The first-order chi connectivity index (χ1) is 13.2. The molecule has 28 heavy (non-hydrogen) atoms. The molecule has 1 aromatic heterocycles. The summed E-state index contributed by atoms with van der Waals surface area (Å²) >= 11 is 0. The second kappa shape index (κ2) is 7.84. The molecule has 3 rings (SSSR count). The molecule has 0 atom stereocenters. The highest BCUT2D eigenvalue weighted by atomic mass is 28.3. The topological polar surface area (TPSA) is 86.1 Å². The van der Waals surface area contributed by atoms with Crippen LogP contribution in [0.1, 0.15) is 22.2 Å². The fourth-order valence-corrected chi connectivity index (χ4v) is 3.73. The highest BCUT2D eigenvalue weighted by Crippen LogP contribution is 2.34. The summed E-state index contributed by atoms with van der Waals surface area (Å²) in [4.78, 5) is 18.1. The summed E-state index contributed by atoms with van der Waals surface area (Å²) in [5.41, 5.74) is 2.05. The van der Waals surface area contributed by atoms with Gasteiger partial charge in [-0.3, -0.25) is 4.57 Å². The van der Waals surface area contributed by atoms with Gasteiger partial charge in [0.05, 0.1) is 22.2 Å². The summed E-state index contributed by atoms with van der Waals surface area (Å²) in [6.07, 6.45) is 2.18. The van der Waals surface area contributed by atoms with Crippen molar-refractivity contribution in [2.45, 2.75) is 38.7 Å². The van der Waals surface area contributed by atoms with E-state index in [-0.39, 0.29) is 5.56 Å². The maximum absolute atomic E-state index is 11.6. The number of carboxylic acid groups (broad SMARTS) is 1. The second-order valence-electron chi connectivity index (χ2n) is 8.20. The quantitative estimate of drug-likeness (QED) is 0.530. The van der Waals surface area contributed by atoms with E-state index in [0.717, 1.165) is 11.6 Å². The van der Waals surface area contributed by atoms with Gasteiger partial charge in [-0.05, 0) is 18.2 Å². The summed E-state index contributed by atoms with van der Waals surface area (Å²) in [6, 6.07) is 4.20. The zero-order valence-electron chi connectivity index (χ0n) is 16.9. The minimum atomic E-state index is -1.19. The van der Waals surface area contributed by atoms with E-state index in [4.69, 9.17) is 14.2 Å². The van der Waals surface area contributed by atoms with Gasteiger partial charge in [0.25, 0.3) is 6.29 Å². The van der Waals surface area contributed by atoms with E-state index in [1.54, 1.807) is 12.1 Å². The number of anilines is 1. The zero-order chi connectivity index (χ0) is 20.5. The van der Waals surface area contributed by atoms with E-state index >= 15 is 0 Å². The van der Waals surface area contributed by atoms with Gasteiger partial charge < -0.3 is 24.2 Å². The molecule has 1 aliphatic heterocycles. The molecule has 1 N–H and O–H groups in total. The lowest BCUT2D eigenvalue weighted by Gasteiger charge is -2.19. The number of hydrogen-bond acceptors (Lipinski definition) is 6. The van der Waals surface area contributed by atoms with Crippen LogP contribution in [0.15, 0.2) is 24.7 Å². The average molecular weight is 406 g/mol. The molecule has 1 aromatic carbocycles. The third-order valence-electron chi connectivity index (χ3n) is 4.43. The standard InChI is InChI=1S/C19H27N3O5Si/c1-21(2)19-20-15-11-13(17(23)24)10-14(18-26-6-7-27-18)16(15)22(19)12-25-8-9-28(3,4)5/h6-7,10-11,18H,8-9,12H2,1-5H3,(H,23,24). The van der Waals surface area contributed by atoms with Crippen LogP contribution in [0.4, 0.5) is 5.95 Å². The summed E-state index contributed by atoms with van der Waals surface area (Å²) in [5, 5.41) is 9.48. The van der Waals surface area contributed by atoms with Crippen LogP contribution in [-0.4, -0.2) is 49.4 Å². The molecule has 0 bridgehead atoms. The predicted molar refractivity (Wildman–Crippen MR) is 109 cm³/mol. The Balaban J connectivity index is 2.04. The van der Waals surface area contributed by atoms with E-state index < -0.39 is 20.3 Å². The molecular weight excluding hydrogens is 378 g/mol. The van der Waals surface area contributed by atoms with Crippen molar-refractivity contribution in [2.24, 2.45) is 0 Å². The maximum atomic E-state index is 11.6. The molecule has 0 unspecified atom stereocenters. The van der Waals surface area contributed by atoms with Crippen molar-refractivity contribution >= 4 is 31.0 Å². The molecule has 0 fully saturated rings. The highest BCUT2D eigenvalue weighted by Gasteiger charge is 2.26. The van der Waals surface area contributed by atoms with Crippen LogP contribution in [-0.2, 0) is 20.9 Å². The number of aromatic carboxylic acids is 1. The number of imidazole rings is 1. The predicted octanol–water partition coefficient (Wildman–Crippen LogP) is 3.63. The number of aromatic nitrogens is 2. The highest BCUT2D eigenvalue weighted by molar-refractivity contribution is 6.76. The third-order valence-corrected chi connectivity index (χ3v) is 6.13. The molecule has 0 saturated heterocycles.